The molecular formula is C53H58FN7O8. The lowest BCUT2D eigenvalue weighted by Gasteiger charge is -2.35. The highest BCUT2D eigenvalue weighted by Crippen LogP contribution is 2.41. The van der Waals surface area contributed by atoms with Crippen molar-refractivity contribution in [2.24, 2.45) is 7.05 Å². The molecule has 0 aliphatic carbocycles. The third-order valence-corrected chi connectivity index (χ3v) is 13.5. The maximum atomic E-state index is 16.6. The Kier molecular flexibility index (Phi) is 13.1. The predicted octanol–water partition coefficient (Wildman–Crippen LogP) is 6.90. The number of amides is 5. The molecule has 6 aromatic rings. The summed E-state index contributed by atoms with van der Waals surface area (Å²) in [5.74, 6) is -2.22. The van der Waals surface area contributed by atoms with E-state index in [2.05, 4.69) is 38.1 Å². The Hall–Kier alpha value is -6.91. The molecule has 2 aromatic heterocycles. The Bertz CT molecular complexity index is 3010. The molecule has 0 radical (unpaired) electrons. The van der Waals surface area contributed by atoms with E-state index in [1.807, 2.05) is 72.0 Å². The summed E-state index contributed by atoms with van der Waals surface area (Å²) in [6.07, 6.45) is 1.42. The number of benzene rings is 4. The van der Waals surface area contributed by atoms with Crippen molar-refractivity contribution in [3.8, 4) is 22.6 Å². The van der Waals surface area contributed by atoms with Crippen LogP contribution >= 0.6 is 0 Å². The molecule has 1 N–H and O–H groups in total. The molecule has 1 unspecified atom stereocenters. The number of aryl methyl sites for hydroxylation is 3. The summed E-state index contributed by atoms with van der Waals surface area (Å²) in [4.78, 5) is 69.7. The van der Waals surface area contributed by atoms with Gasteiger partial charge in [-0.2, -0.15) is 5.10 Å². The third kappa shape index (κ3) is 9.34. The van der Waals surface area contributed by atoms with E-state index in [1.54, 1.807) is 21.7 Å². The highest BCUT2D eigenvalue weighted by atomic mass is 19.1. The zero-order chi connectivity index (χ0) is 48.7. The Balaban J connectivity index is 0.923. The fourth-order valence-electron chi connectivity index (χ4n) is 9.94. The van der Waals surface area contributed by atoms with Gasteiger partial charge in [0.05, 0.1) is 41.2 Å². The van der Waals surface area contributed by atoms with E-state index >= 15 is 4.39 Å². The molecule has 5 amide bonds. The molecule has 9 rings (SSSR count). The van der Waals surface area contributed by atoms with Crippen molar-refractivity contribution in [2.45, 2.75) is 85.1 Å². The molecule has 0 saturated carbocycles. The Morgan fingerprint density at radius 2 is 1.57 bits per heavy atom. The number of aromatic nitrogens is 3. The molecular weight excluding hydrogens is 882 g/mol. The first-order chi connectivity index (χ1) is 33.1. The monoisotopic (exact) mass is 939 g/mol. The smallest absolute Gasteiger partial charge is 0.266 e. The van der Waals surface area contributed by atoms with Crippen LogP contribution in [0.15, 0.2) is 72.8 Å². The molecule has 5 heterocycles. The summed E-state index contributed by atoms with van der Waals surface area (Å²) in [6.45, 7) is 13.6. The first kappa shape index (κ1) is 47.2. The summed E-state index contributed by atoms with van der Waals surface area (Å²) < 4.78 is 39.5. The quantitative estimate of drug-likeness (QED) is 0.0849. The van der Waals surface area contributed by atoms with Crippen molar-refractivity contribution in [1.29, 1.82) is 0 Å². The number of nitrogens with zero attached hydrogens (tertiary/aromatic N) is 6. The van der Waals surface area contributed by atoms with E-state index in [0.717, 1.165) is 60.5 Å². The average molecular weight is 940 g/mol. The Morgan fingerprint density at radius 3 is 2.30 bits per heavy atom. The number of piperidine rings is 1. The lowest BCUT2D eigenvalue weighted by atomic mass is 9.98. The van der Waals surface area contributed by atoms with E-state index in [1.165, 1.54) is 12.1 Å². The molecule has 360 valence electrons. The summed E-state index contributed by atoms with van der Waals surface area (Å²) in [6, 6.07) is 21.2. The standard InChI is InChI=1S/C53H58FN7O8/c1-32-46(33(2)57(6)56-32)48-39(54)20-19-37-36(16-11-29-67-42-17-9-13-34-12-7-8-14-35(34)42)41(30-69-53(3,4)5)60(49(37)48)28-25-58-23-26-59(27-24-58)45(63)31-68-43-18-10-15-38-47(43)52(66)61(51(38)65)40-21-22-44(62)55-50(40)64/h7-10,12-15,17-20,40H,11,16,21-31H2,1-6H3,(H,55,62,64). The topological polar surface area (TPSA) is 158 Å². The molecule has 0 bridgehead atoms. The van der Waals surface area contributed by atoms with Crippen LogP contribution < -0.4 is 14.8 Å². The number of ether oxygens (including phenoxy) is 3. The van der Waals surface area contributed by atoms with Gasteiger partial charge >= 0.3 is 0 Å². The fourth-order valence-corrected chi connectivity index (χ4v) is 9.94. The predicted molar refractivity (Wildman–Crippen MR) is 258 cm³/mol. The van der Waals surface area contributed by atoms with Gasteiger partial charge in [0.2, 0.25) is 11.8 Å². The number of piperazine rings is 1. The molecule has 1 atom stereocenters. The average Bonchev–Trinajstić information content (AvgIpc) is 3.87. The zero-order valence-electron chi connectivity index (χ0n) is 40.0. The number of halogens is 1. The van der Waals surface area contributed by atoms with Crippen LogP contribution in [0, 0.1) is 19.7 Å². The summed E-state index contributed by atoms with van der Waals surface area (Å²) in [5.41, 5.74) is 5.37. The molecule has 2 fully saturated rings. The number of nitrogens with one attached hydrogen (secondary N) is 1. The molecule has 16 heteroatoms. The van der Waals surface area contributed by atoms with E-state index < -0.39 is 35.3 Å². The number of hydrogen-bond acceptors (Lipinski definition) is 10. The van der Waals surface area contributed by atoms with Gasteiger partial charge in [-0.05, 0) is 95.2 Å². The van der Waals surface area contributed by atoms with Crippen molar-refractivity contribution >= 4 is 51.2 Å². The highest BCUT2D eigenvalue weighted by molar-refractivity contribution is 6.24. The molecule has 0 spiro atoms. The van der Waals surface area contributed by atoms with E-state index in [4.69, 9.17) is 14.2 Å². The molecule has 4 aromatic carbocycles. The number of fused-ring (bicyclic) bond motifs is 3. The van der Waals surface area contributed by atoms with Crippen LogP contribution in [-0.2, 0) is 45.7 Å². The number of imide groups is 2. The number of carbonyl (C=O) groups excluding carboxylic acids is 5. The Labute approximate surface area is 400 Å². The van der Waals surface area contributed by atoms with Gasteiger partial charge in [0.25, 0.3) is 17.7 Å². The SMILES string of the molecule is Cc1nn(C)c(C)c1-c1c(F)ccc2c(CCCOc3cccc4ccccc34)c(COC(C)(C)C)n(CCN3CCN(C(=O)COc4cccc5c4C(=O)N(C4CCC(=O)NC4=O)C5=O)CC3)c12. The van der Waals surface area contributed by atoms with Crippen LogP contribution in [0.5, 0.6) is 11.5 Å². The van der Waals surface area contributed by atoms with Crippen LogP contribution in [0.3, 0.4) is 0 Å². The minimum Gasteiger partial charge on any atom is -0.493 e. The normalized spacial score (nSPS) is 16.8. The van der Waals surface area contributed by atoms with Crippen molar-refractivity contribution in [1.82, 2.24) is 34.4 Å². The van der Waals surface area contributed by atoms with Crippen LogP contribution in [0.25, 0.3) is 32.8 Å². The second-order valence-corrected chi connectivity index (χ2v) is 19.0. The summed E-state index contributed by atoms with van der Waals surface area (Å²) in [5, 5.41) is 10.0. The minimum absolute atomic E-state index is 0.00344. The molecule has 15 nitrogen and oxygen atoms in total. The van der Waals surface area contributed by atoms with Gasteiger partial charge in [-0.25, -0.2) is 4.39 Å². The highest BCUT2D eigenvalue weighted by Gasteiger charge is 2.46. The maximum Gasteiger partial charge on any atom is 0.266 e. The largest absolute Gasteiger partial charge is 0.493 e. The molecule has 3 aliphatic rings. The summed E-state index contributed by atoms with van der Waals surface area (Å²) in [7, 11) is 1.87. The Morgan fingerprint density at radius 1 is 0.826 bits per heavy atom. The van der Waals surface area contributed by atoms with E-state index in [9.17, 15) is 24.0 Å². The van der Waals surface area contributed by atoms with E-state index in [0.29, 0.717) is 70.9 Å². The van der Waals surface area contributed by atoms with E-state index in [-0.39, 0.29) is 48.0 Å². The molecule has 3 aliphatic heterocycles. The van der Waals surface area contributed by atoms with Crippen LogP contribution in [0.2, 0.25) is 0 Å². The van der Waals surface area contributed by atoms with Gasteiger partial charge in [-0.15, -0.1) is 0 Å². The first-order valence-corrected chi connectivity index (χ1v) is 23.6. The number of carbonyl (C=O) groups is 5. The van der Waals surface area contributed by atoms with Gasteiger partial charge in [-0.3, -0.25) is 43.8 Å². The van der Waals surface area contributed by atoms with Crippen molar-refractivity contribution in [3.63, 3.8) is 0 Å². The second-order valence-electron chi connectivity index (χ2n) is 19.0. The van der Waals surface area contributed by atoms with Gasteiger partial charge in [-0.1, -0.05) is 42.5 Å². The lowest BCUT2D eigenvalue weighted by molar-refractivity contribution is -0.136. The fraction of sp³-hybridized carbons (Fsp3) is 0.396. The van der Waals surface area contributed by atoms with Crippen LogP contribution in [0.4, 0.5) is 4.39 Å². The van der Waals surface area contributed by atoms with Gasteiger partial charge in [0.15, 0.2) is 6.61 Å². The van der Waals surface area contributed by atoms with Gasteiger partial charge in [0, 0.05) is 86.0 Å². The third-order valence-electron chi connectivity index (χ3n) is 13.5. The van der Waals surface area contributed by atoms with Crippen LogP contribution in [0.1, 0.15) is 83.4 Å². The lowest BCUT2D eigenvalue weighted by Crippen LogP contribution is -2.54. The van der Waals surface area contributed by atoms with Gasteiger partial charge < -0.3 is 23.7 Å². The number of hydrogen-bond donors (Lipinski definition) is 1. The maximum absolute atomic E-state index is 16.6. The van der Waals surface area contributed by atoms with Crippen molar-refractivity contribution in [3.05, 3.63) is 112 Å². The molecule has 69 heavy (non-hydrogen) atoms. The van der Waals surface area contributed by atoms with Crippen molar-refractivity contribution < 1.29 is 42.6 Å². The minimum atomic E-state index is -1.12. The second kappa shape index (κ2) is 19.2. The van der Waals surface area contributed by atoms with Crippen molar-refractivity contribution in [2.75, 3.05) is 45.9 Å². The zero-order valence-corrected chi connectivity index (χ0v) is 40.0. The number of rotatable bonds is 15. The molecule has 2 saturated heterocycles. The first-order valence-electron chi connectivity index (χ1n) is 23.6. The van der Waals surface area contributed by atoms with Crippen LogP contribution in [-0.4, -0.2) is 116 Å². The summed E-state index contributed by atoms with van der Waals surface area (Å²) >= 11 is 0. The van der Waals surface area contributed by atoms with Gasteiger partial charge in [0.1, 0.15) is 23.4 Å².